The first-order valence-corrected chi connectivity index (χ1v) is 8.05. The van der Waals surface area contributed by atoms with Crippen molar-refractivity contribution >= 4 is 5.91 Å². The molecule has 1 unspecified atom stereocenters. The third-order valence-electron chi connectivity index (χ3n) is 4.08. The van der Waals surface area contributed by atoms with Crippen LogP contribution in [0.1, 0.15) is 17.5 Å². The molecule has 0 aromatic heterocycles. The average Bonchev–Trinajstić information content (AvgIpc) is 3.03. The van der Waals surface area contributed by atoms with Crippen LogP contribution in [0.5, 0.6) is 5.75 Å². The van der Waals surface area contributed by atoms with E-state index in [1.807, 2.05) is 59.5 Å². The number of carbonyl (C=O) groups excluding carboxylic acids is 1. The van der Waals surface area contributed by atoms with Gasteiger partial charge in [0.15, 0.2) is 6.10 Å². The molecule has 1 heterocycles. The van der Waals surface area contributed by atoms with Crippen molar-refractivity contribution in [1.82, 2.24) is 4.90 Å². The minimum atomic E-state index is -0.422. The predicted octanol–water partition coefficient (Wildman–Crippen LogP) is 2.37. The number of ether oxygens (including phenoxy) is 1. The van der Waals surface area contributed by atoms with E-state index in [-0.39, 0.29) is 5.91 Å². The van der Waals surface area contributed by atoms with Crippen molar-refractivity contribution < 1.29 is 9.53 Å². The van der Waals surface area contributed by atoms with Crippen molar-refractivity contribution in [3.05, 3.63) is 65.7 Å². The van der Waals surface area contributed by atoms with E-state index in [1.165, 1.54) is 0 Å². The van der Waals surface area contributed by atoms with Crippen LogP contribution in [0.15, 0.2) is 54.6 Å². The van der Waals surface area contributed by atoms with Crippen molar-refractivity contribution in [3.63, 3.8) is 0 Å². The maximum absolute atomic E-state index is 12.9. The van der Waals surface area contributed by atoms with Gasteiger partial charge < -0.3 is 15.4 Å². The number of carbonyl (C=O) groups is 1. The minimum Gasteiger partial charge on any atom is -0.480 e. The van der Waals surface area contributed by atoms with E-state index in [0.29, 0.717) is 26.1 Å². The van der Waals surface area contributed by atoms with Crippen molar-refractivity contribution in [2.45, 2.75) is 25.5 Å². The van der Waals surface area contributed by atoms with Gasteiger partial charge in [0, 0.05) is 19.5 Å². The predicted molar refractivity (Wildman–Crippen MR) is 90.1 cm³/mol. The maximum Gasteiger partial charge on any atom is 0.264 e. The highest BCUT2D eigenvalue weighted by Gasteiger charge is 2.32. The van der Waals surface area contributed by atoms with Gasteiger partial charge in [-0.3, -0.25) is 4.79 Å². The Morgan fingerprint density at radius 2 is 1.87 bits per heavy atom. The summed E-state index contributed by atoms with van der Waals surface area (Å²) in [4.78, 5) is 14.7. The summed E-state index contributed by atoms with van der Waals surface area (Å²) in [5.41, 5.74) is 7.84. The van der Waals surface area contributed by atoms with Gasteiger partial charge in [-0.2, -0.15) is 0 Å². The van der Waals surface area contributed by atoms with Crippen LogP contribution in [0, 0.1) is 0 Å². The molecule has 23 heavy (non-hydrogen) atoms. The molecule has 0 fully saturated rings. The fourth-order valence-electron chi connectivity index (χ4n) is 2.88. The third kappa shape index (κ3) is 3.71. The minimum absolute atomic E-state index is 0.0403. The lowest BCUT2D eigenvalue weighted by atomic mass is 10.1. The second-order valence-corrected chi connectivity index (χ2v) is 5.81. The topological polar surface area (TPSA) is 55.6 Å². The molecule has 0 spiro atoms. The summed E-state index contributed by atoms with van der Waals surface area (Å²) < 4.78 is 5.84. The largest absolute Gasteiger partial charge is 0.480 e. The molecule has 2 aromatic rings. The lowest BCUT2D eigenvalue weighted by Crippen LogP contribution is -2.41. The molecular formula is C19H22N2O2. The van der Waals surface area contributed by atoms with Gasteiger partial charge in [0.05, 0.1) is 0 Å². The smallest absolute Gasteiger partial charge is 0.264 e. The van der Waals surface area contributed by atoms with E-state index in [2.05, 4.69) is 0 Å². The first-order chi connectivity index (χ1) is 11.3. The number of para-hydroxylation sites is 1. The molecule has 4 heteroatoms. The Bertz CT molecular complexity index is 632. The van der Waals surface area contributed by atoms with Crippen molar-refractivity contribution in [2.75, 3.05) is 13.1 Å². The number of benzene rings is 2. The van der Waals surface area contributed by atoms with Crippen LogP contribution in [-0.2, 0) is 17.8 Å². The van der Waals surface area contributed by atoms with Gasteiger partial charge in [0.25, 0.3) is 5.91 Å². The van der Waals surface area contributed by atoms with Gasteiger partial charge >= 0.3 is 0 Å². The van der Waals surface area contributed by atoms with Crippen LogP contribution < -0.4 is 10.5 Å². The summed E-state index contributed by atoms with van der Waals surface area (Å²) in [6.45, 7) is 1.82. The quantitative estimate of drug-likeness (QED) is 0.891. The maximum atomic E-state index is 12.9. The van der Waals surface area contributed by atoms with Crippen LogP contribution in [0.2, 0.25) is 0 Å². The molecule has 1 atom stereocenters. The molecule has 0 radical (unpaired) electrons. The first-order valence-electron chi connectivity index (χ1n) is 8.05. The number of amides is 1. The number of rotatable bonds is 6. The number of nitrogens with zero attached hydrogens (tertiary/aromatic N) is 1. The fourth-order valence-corrected chi connectivity index (χ4v) is 2.88. The third-order valence-corrected chi connectivity index (χ3v) is 4.08. The molecule has 4 nitrogen and oxygen atoms in total. The van der Waals surface area contributed by atoms with Gasteiger partial charge in [-0.1, -0.05) is 48.5 Å². The second kappa shape index (κ2) is 7.29. The highest BCUT2D eigenvalue weighted by Crippen LogP contribution is 2.29. The zero-order valence-electron chi connectivity index (χ0n) is 13.2. The second-order valence-electron chi connectivity index (χ2n) is 5.81. The number of nitrogens with two attached hydrogens (primary N) is 1. The van der Waals surface area contributed by atoms with E-state index in [4.69, 9.17) is 10.5 Å². The van der Waals surface area contributed by atoms with Gasteiger partial charge in [0.2, 0.25) is 0 Å². The van der Waals surface area contributed by atoms with Gasteiger partial charge in [0.1, 0.15) is 5.75 Å². The van der Waals surface area contributed by atoms with E-state index in [9.17, 15) is 4.79 Å². The number of hydrogen-bond acceptors (Lipinski definition) is 3. The Kier molecular flexibility index (Phi) is 4.93. The normalized spacial score (nSPS) is 15.8. The monoisotopic (exact) mass is 310 g/mol. The Morgan fingerprint density at radius 1 is 1.13 bits per heavy atom. The molecule has 2 N–H and O–H groups in total. The van der Waals surface area contributed by atoms with Crippen LogP contribution in [0.4, 0.5) is 0 Å². The summed E-state index contributed by atoms with van der Waals surface area (Å²) >= 11 is 0. The zero-order chi connectivity index (χ0) is 16.1. The molecule has 0 aliphatic carbocycles. The number of fused-ring (bicyclic) bond motifs is 1. The van der Waals surface area contributed by atoms with Crippen LogP contribution >= 0.6 is 0 Å². The van der Waals surface area contributed by atoms with E-state index >= 15 is 0 Å². The molecule has 1 amide bonds. The summed E-state index contributed by atoms with van der Waals surface area (Å²) in [7, 11) is 0. The lowest BCUT2D eigenvalue weighted by molar-refractivity contribution is -0.138. The molecule has 0 saturated heterocycles. The SMILES string of the molecule is NCCCN(Cc1ccccc1)C(=O)C1Cc2ccccc2O1. The van der Waals surface area contributed by atoms with Crippen molar-refractivity contribution in [3.8, 4) is 5.75 Å². The molecule has 0 saturated carbocycles. The highest BCUT2D eigenvalue weighted by atomic mass is 16.5. The molecule has 0 bridgehead atoms. The highest BCUT2D eigenvalue weighted by molar-refractivity contribution is 5.82. The van der Waals surface area contributed by atoms with E-state index in [1.54, 1.807) is 0 Å². The summed E-state index contributed by atoms with van der Waals surface area (Å²) in [5, 5.41) is 0. The van der Waals surface area contributed by atoms with Crippen LogP contribution in [0.25, 0.3) is 0 Å². The van der Waals surface area contributed by atoms with Crippen LogP contribution in [-0.4, -0.2) is 30.0 Å². The standard InChI is InChI=1S/C19H22N2O2/c20-11-6-12-21(14-15-7-2-1-3-8-15)19(22)18-13-16-9-4-5-10-17(16)23-18/h1-5,7-10,18H,6,11-14,20H2. The van der Waals surface area contributed by atoms with E-state index in [0.717, 1.165) is 23.3 Å². The zero-order valence-corrected chi connectivity index (χ0v) is 13.2. The molecule has 1 aliphatic heterocycles. The Morgan fingerprint density at radius 3 is 2.61 bits per heavy atom. The Labute approximate surface area is 136 Å². The van der Waals surface area contributed by atoms with Gasteiger partial charge in [-0.05, 0) is 30.2 Å². The summed E-state index contributed by atoms with van der Waals surface area (Å²) in [6.07, 6.45) is 1.01. The van der Waals surface area contributed by atoms with Crippen LogP contribution in [0.3, 0.4) is 0 Å². The van der Waals surface area contributed by atoms with Gasteiger partial charge in [-0.25, -0.2) is 0 Å². The molecular weight excluding hydrogens is 288 g/mol. The summed E-state index contributed by atoms with van der Waals surface area (Å²) in [5.74, 6) is 0.864. The van der Waals surface area contributed by atoms with Crippen molar-refractivity contribution in [2.24, 2.45) is 5.73 Å². The first kappa shape index (κ1) is 15.6. The lowest BCUT2D eigenvalue weighted by Gasteiger charge is -2.25. The Hall–Kier alpha value is -2.33. The Balaban J connectivity index is 1.71. The molecule has 1 aliphatic rings. The number of hydrogen-bond donors (Lipinski definition) is 1. The molecule has 3 rings (SSSR count). The molecule has 120 valence electrons. The molecule has 2 aromatic carbocycles. The fraction of sp³-hybridized carbons (Fsp3) is 0.316. The van der Waals surface area contributed by atoms with Crippen molar-refractivity contribution in [1.29, 1.82) is 0 Å². The van der Waals surface area contributed by atoms with E-state index < -0.39 is 6.10 Å². The average molecular weight is 310 g/mol. The van der Waals surface area contributed by atoms with Gasteiger partial charge in [-0.15, -0.1) is 0 Å². The summed E-state index contributed by atoms with van der Waals surface area (Å²) in [6, 6.07) is 17.9.